The van der Waals surface area contributed by atoms with E-state index >= 15 is 4.79 Å². The molecule has 0 aromatic heterocycles. The smallest absolute Gasteiger partial charge is 0.452 e. The monoisotopic (exact) mass is 775 g/mol. The van der Waals surface area contributed by atoms with Crippen molar-refractivity contribution in [3.63, 3.8) is 0 Å². The van der Waals surface area contributed by atoms with Crippen LogP contribution in [0.25, 0.3) is 11.1 Å². The number of ether oxygens (including phenoxy) is 5. The summed E-state index contributed by atoms with van der Waals surface area (Å²) in [6, 6.07) is 17.4. The predicted molar refractivity (Wildman–Crippen MR) is 202 cm³/mol. The SMILES string of the molecule is COCCCN1C(=O)C(F)(F)Oc2ccc(N(C(=O)[C@H]3CN(C(=O)OC(C)(C)C)CC[C@@H]3c3cccc(-c4ccc5c(c4)C(=O)OC(C)(C)O5)c3)C3CC3)cc21. The van der Waals surface area contributed by atoms with E-state index in [1.807, 2.05) is 30.3 Å². The van der Waals surface area contributed by atoms with Gasteiger partial charge in [0.25, 0.3) is 0 Å². The van der Waals surface area contributed by atoms with Crippen LogP contribution in [0, 0.1) is 5.92 Å². The number of amides is 3. The van der Waals surface area contributed by atoms with Crippen molar-refractivity contribution in [3.05, 3.63) is 71.8 Å². The van der Waals surface area contributed by atoms with E-state index in [1.54, 1.807) is 68.7 Å². The Labute approximate surface area is 324 Å². The van der Waals surface area contributed by atoms with Crippen molar-refractivity contribution in [1.82, 2.24) is 4.90 Å². The Bertz CT molecular complexity index is 2040. The van der Waals surface area contributed by atoms with Crippen LogP contribution in [0.15, 0.2) is 60.7 Å². The highest BCUT2D eigenvalue weighted by molar-refractivity contribution is 6.03. The molecule has 2 fully saturated rings. The Kier molecular flexibility index (Phi) is 10.2. The van der Waals surface area contributed by atoms with Crippen LogP contribution < -0.4 is 19.3 Å². The van der Waals surface area contributed by atoms with Crippen LogP contribution in [0.2, 0.25) is 0 Å². The highest BCUT2D eigenvalue weighted by Gasteiger charge is 2.51. The van der Waals surface area contributed by atoms with Crippen molar-refractivity contribution < 1.29 is 51.6 Å². The summed E-state index contributed by atoms with van der Waals surface area (Å²) >= 11 is 0. The van der Waals surface area contributed by atoms with Gasteiger partial charge in [-0.1, -0.05) is 30.3 Å². The van der Waals surface area contributed by atoms with Crippen LogP contribution in [-0.4, -0.2) is 85.7 Å². The van der Waals surface area contributed by atoms with Crippen LogP contribution in [0.1, 0.15) is 82.1 Å². The molecule has 0 N–H and O–H groups in total. The van der Waals surface area contributed by atoms with Crippen molar-refractivity contribution in [2.24, 2.45) is 5.92 Å². The van der Waals surface area contributed by atoms with E-state index in [4.69, 9.17) is 23.7 Å². The van der Waals surface area contributed by atoms with Gasteiger partial charge in [-0.3, -0.25) is 9.59 Å². The van der Waals surface area contributed by atoms with Gasteiger partial charge in [-0.15, -0.1) is 0 Å². The largest absolute Gasteiger partial charge is 0.482 e. The maximum Gasteiger partial charge on any atom is 0.482 e. The Balaban J connectivity index is 1.24. The molecule has 1 saturated carbocycles. The molecular formula is C42H47F2N3O9. The minimum atomic E-state index is -4.05. The second kappa shape index (κ2) is 14.7. The zero-order valence-corrected chi connectivity index (χ0v) is 32.4. The van der Waals surface area contributed by atoms with Gasteiger partial charge in [-0.2, -0.15) is 8.78 Å². The molecule has 0 radical (unpaired) electrons. The number of cyclic esters (lactones) is 1. The number of esters is 1. The number of carbonyl (C=O) groups excluding carboxylic acids is 4. The average molecular weight is 776 g/mol. The number of methoxy groups -OCH3 is 1. The van der Waals surface area contributed by atoms with E-state index in [1.165, 1.54) is 13.2 Å². The van der Waals surface area contributed by atoms with Crippen LogP contribution >= 0.6 is 0 Å². The molecule has 4 aliphatic rings. The quantitative estimate of drug-likeness (QED) is 0.160. The zero-order valence-electron chi connectivity index (χ0n) is 32.4. The van der Waals surface area contributed by atoms with E-state index in [0.29, 0.717) is 36.4 Å². The number of likely N-dealkylation sites (tertiary alicyclic amines) is 1. The average Bonchev–Trinajstić information content (AvgIpc) is 3.97. The van der Waals surface area contributed by atoms with E-state index in [0.717, 1.165) is 34.4 Å². The fourth-order valence-corrected chi connectivity index (χ4v) is 7.58. The van der Waals surface area contributed by atoms with Gasteiger partial charge in [-0.25, -0.2) is 9.59 Å². The van der Waals surface area contributed by atoms with Crippen molar-refractivity contribution in [2.45, 2.75) is 89.8 Å². The van der Waals surface area contributed by atoms with E-state index in [-0.39, 0.29) is 49.0 Å². The van der Waals surface area contributed by atoms with Crippen molar-refractivity contribution in [3.8, 4) is 22.6 Å². The number of piperidine rings is 1. The number of rotatable bonds is 9. The molecule has 2 atom stereocenters. The summed E-state index contributed by atoms with van der Waals surface area (Å²) in [6.45, 7) is 9.32. The lowest BCUT2D eigenvalue weighted by molar-refractivity contribution is -0.192. The van der Waals surface area contributed by atoms with Gasteiger partial charge in [0.15, 0.2) is 5.75 Å². The molecule has 14 heteroatoms. The molecule has 298 valence electrons. The first-order valence-electron chi connectivity index (χ1n) is 18.9. The minimum Gasteiger partial charge on any atom is -0.452 e. The number of anilines is 2. The predicted octanol–water partition coefficient (Wildman–Crippen LogP) is 7.53. The molecule has 0 bridgehead atoms. The molecule has 12 nitrogen and oxygen atoms in total. The second-order valence-electron chi connectivity index (χ2n) is 16.2. The standard InChI is InChI=1S/C42H47F2N3O9/c1-40(2,3)56-39(51)45-19-17-30(27-10-7-9-25(21-27)26-11-15-34-31(22-26)37(49)55-41(4,5)53-34)32(24-45)36(48)47(28-12-13-28)29-14-16-35-33(23-29)46(18-8-20-52-6)38(50)42(43,44)54-35/h7,9-11,14-16,21-23,28,30,32H,8,12-13,17-20,24H2,1-6H3/t30-,32+/m1/s1. The molecule has 1 aliphatic carbocycles. The Morgan fingerprint density at radius 1 is 0.929 bits per heavy atom. The molecule has 56 heavy (non-hydrogen) atoms. The summed E-state index contributed by atoms with van der Waals surface area (Å²) in [5, 5.41) is 0. The zero-order chi connectivity index (χ0) is 40.2. The molecule has 3 aliphatic heterocycles. The van der Waals surface area contributed by atoms with Gasteiger partial charge in [0.05, 0.1) is 11.6 Å². The number of fused-ring (bicyclic) bond motifs is 2. The Hall–Kier alpha value is -5.24. The fraction of sp³-hybridized carbons (Fsp3) is 0.476. The normalized spacial score (nSPS) is 21.2. The third kappa shape index (κ3) is 8.02. The first-order valence-corrected chi connectivity index (χ1v) is 18.9. The molecule has 0 unspecified atom stereocenters. The van der Waals surface area contributed by atoms with Crippen molar-refractivity contribution in [2.75, 3.05) is 43.2 Å². The number of hydrogen-bond acceptors (Lipinski definition) is 9. The van der Waals surface area contributed by atoms with Crippen LogP contribution in [0.5, 0.6) is 11.5 Å². The lowest BCUT2D eigenvalue weighted by Crippen LogP contribution is -2.52. The lowest BCUT2D eigenvalue weighted by atomic mass is 9.78. The van der Waals surface area contributed by atoms with Crippen LogP contribution in [-0.2, 0) is 23.8 Å². The third-order valence-electron chi connectivity index (χ3n) is 10.2. The molecule has 0 spiro atoms. The highest BCUT2D eigenvalue weighted by Crippen LogP contribution is 2.45. The van der Waals surface area contributed by atoms with Gasteiger partial charge in [0, 0.05) is 58.9 Å². The highest BCUT2D eigenvalue weighted by atomic mass is 19.3. The Morgan fingerprint density at radius 3 is 2.38 bits per heavy atom. The molecule has 3 aromatic carbocycles. The first-order chi connectivity index (χ1) is 26.4. The summed E-state index contributed by atoms with van der Waals surface area (Å²) in [5.41, 5.74) is 2.57. The van der Waals surface area contributed by atoms with Crippen molar-refractivity contribution >= 4 is 35.3 Å². The Morgan fingerprint density at radius 2 is 1.66 bits per heavy atom. The summed E-state index contributed by atoms with van der Waals surface area (Å²) in [6.07, 6.45) is -2.38. The number of carbonyl (C=O) groups is 4. The summed E-state index contributed by atoms with van der Waals surface area (Å²) in [5.74, 6) is -4.11. The van der Waals surface area contributed by atoms with Gasteiger partial charge in [0.2, 0.25) is 11.7 Å². The number of hydrogen-bond donors (Lipinski definition) is 0. The topological polar surface area (TPSA) is 124 Å². The van der Waals surface area contributed by atoms with Gasteiger partial charge >= 0.3 is 24.1 Å². The maximum atomic E-state index is 15.1. The number of alkyl halides is 2. The van der Waals surface area contributed by atoms with E-state index in [2.05, 4.69) is 0 Å². The lowest BCUT2D eigenvalue weighted by Gasteiger charge is -2.41. The maximum absolute atomic E-state index is 15.1. The van der Waals surface area contributed by atoms with Gasteiger partial charge < -0.3 is 38.4 Å². The molecular weight excluding hydrogens is 728 g/mol. The van der Waals surface area contributed by atoms with E-state index < -0.39 is 41.4 Å². The number of halogens is 2. The number of nitrogens with zero attached hydrogens (tertiary/aromatic N) is 3. The first kappa shape index (κ1) is 39.0. The van der Waals surface area contributed by atoms with Gasteiger partial charge in [-0.05, 0) is 99.4 Å². The van der Waals surface area contributed by atoms with Crippen molar-refractivity contribution in [1.29, 1.82) is 0 Å². The molecule has 1 saturated heterocycles. The molecule has 3 amide bonds. The molecule has 7 rings (SSSR count). The second-order valence-corrected chi connectivity index (χ2v) is 16.2. The minimum absolute atomic E-state index is 0.0399. The summed E-state index contributed by atoms with van der Waals surface area (Å²) in [4.78, 5) is 58.5. The molecule has 3 aromatic rings. The van der Waals surface area contributed by atoms with E-state index in [9.17, 15) is 23.2 Å². The third-order valence-corrected chi connectivity index (χ3v) is 10.2. The summed E-state index contributed by atoms with van der Waals surface area (Å²) < 4.78 is 56.4. The fourth-order valence-electron chi connectivity index (χ4n) is 7.58. The van der Waals surface area contributed by atoms with Gasteiger partial charge in [0.1, 0.15) is 16.9 Å². The number of benzene rings is 3. The summed E-state index contributed by atoms with van der Waals surface area (Å²) in [7, 11) is 1.49. The molecule has 3 heterocycles. The van der Waals surface area contributed by atoms with Crippen LogP contribution in [0.3, 0.4) is 0 Å². The van der Waals surface area contributed by atoms with Crippen LogP contribution in [0.4, 0.5) is 25.0 Å².